The van der Waals surface area contributed by atoms with E-state index in [1.165, 1.54) is 5.56 Å². The number of allylic oxidation sites excluding steroid dienone is 1. The zero-order valence-electron chi connectivity index (χ0n) is 15.1. The summed E-state index contributed by atoms with van der Waals surface area (Å²) >= 11 is 1.63. The molecule has 5 nitrogen and oxygen atoms in total. The Morgan fingerprint density at radius 2 is 2.19 bits per heavy atom. The summed E-state index contributed by atoms with van der Waals surface area (Å²) < 4.78 is 13.3. The van der Waals surface area contributed by atoms with E-state index in [1.54, 1.807) is 18.0 Å². The van der Waals surface area contributed by atoms with Crippen LogP contribution in [0.5, 0.6) is 5.75 Å². The van der Waals surface area contributed by atoms with Gasteiger partial charge >= 0.3 is 0 Å². The van der Waals surface area contributed by atoms with Gasteiger partial charge < -0.3 is 9.15 Å². The largest absolute Gasteiger partial charge is 0.493 e. The molecular weight excluding hydrogens is 346 g/mol. The Kier molecular flexibility index (Phi) is 6.17. The van der Waals surface area contributed by atoms with Gasteiger partial charge in [0.1, 0.15) is 11.5 Å². The highest BCUT2D eigenvalue weighted by Crippen LogP contribution is 2.27. The molecule has 3 aromatic rings. The summed E-state index contributed by atoms with van der Waals surface area (Å²) in [5, 5.41) is 9.53. The first-order valence-corrected chi connectivity index (χ1v) is 9.64. The first-order chi connectivity index (χ1) is 12.7. The van der Waals surface area contributed by atoms with Gasteiger partial charge in [0.25, 0.3) is 0 Å². The summed E-state index contributed by atoms with van der Waals surface area (Å²) in [7, 11) is 0. The van der Waals surface area contributed by atoms with Crippen LogP contribution in [-0.4, -0.2) is 27.1 Å². The van der Waals surface area contributed by atoms with Gasteiger partial charge in [-0.2, -0.15) is 0 Å². The van der Waals surface area contributed by atoms with E-state index in [-0.39, 0.29) is 0 Å². The molecule has 0 aliphatic carbocycles. The molecule has 0 unspecified atom stereocenters. The normalized spacial score (nSPS) is 10.8. The van der Waals surface area contributed by atoms with E-state index in [1.807, 2.05) is 35.8 Å². The van der Waals surface area contributed by atoms with E-state index < -0.39 is 0 Å². The standard InChI is InChI=1S/C20H23N3O2S/c1-4-10-23-19(18-9-11-24-15(18)3)21-22-20(23)26-13-12-25-17-8-6-7-16(5-2)14-17/h4,6-9,11,14H,1,5,10,12-13H2,2-3H3. The molecule has 0 saturated heterocycles. The van der Waals surface area contributed by atoms with Crippen molar-refractivity contribution in [3.63, 3.8) is 0 Å². The van der Waals surface area contributed by atoms with Gasteiger partial charge in [-0.1, -0.05) is 36.9 Å². The van der Waals surface area contributed by atoms with Gasteiger partial charge in [-0.05, 0) is 37.1 Å². The van der Waals surface area contributed by atoms with Crippen LogP contribution >= 0.6 is 11.8 Å². The van der Waals surface area contributed by atoms with Crippen molar-refractivity contribution in [3.05, 3.63) is 60.6 Å². The summed E-state index contributed by atoms with van der Waals surface area (Å²) in [5.41, 5.74) is 2.24. The zero-order valence-corrected chi connectivity index (χ0v) is 16.0. The molecule has 0 amide bonds. The average Bonchev–Trinajstić information content (AvgIpc) is 3.25. The number of rotatable bonds is 9. The Morgan fingerprint density at radius 1 is 1.31 bits per heavy atom. The molecule has 0 aliphatic heterocycles. The predicted molar refractivity (Wildman–Crippen MR) is 105 cm³/mol. The average molecular weight is 369 g/mol. The third-order valence-corrected chi connectivity index (χ3v) is 4.95. The Morgan fingerprint density at radius 3 is 2.92 bits per heavy atom. The van der Waals surface area contributed by atoms with Gasteiger partial charge in [-0.25, -0.2) is 0 Å². The van der Waals surface area contributed by atoms with Crippen molar-refractivity contribution < 1.29 is 9.15 Å². The molecule has 6 heteroatoms. The number of ether oxygens (including phenoxy) is 1. The quantitative estimate of drug-likeness (QED) is 0.309. The molecule has 3 rings (SSSR count). The molecule has 0 spiro atoms. The number of hydrogen-bond acceptors (Lipinski definition) is 5. The van der Waals surface area contributed by atoms with Gasteiger partial charge in [-0.3, -0.25) is 4.57 Å². The minimum Gasteiger partial charge on any atom is -0.493 e. The molecule has 0 bridgehead atoms. The zero-order chi connectivity index (χ0) is 18.4. The van der Waals surface area contributed by atoms with Crippen molar-refractivity contribution >= 4 is 11.8 Å². The fraction of sp³-hybridized carbons (Fsp3) is 0.300. The maximum Gasteiger partial charge on any atom is 0.191 e. The van der Waals surface area contributed by atoms with E-state index >= 15 is 0 Å². The minimum atomic E-state index is 0.610. The molecule has 0 aliphatic rings. The van der Waals surface area contributed by atoms with Crippen molar-refractivity contribution in [2.75, 3.05) is 12.4 Å². The fourth-order valence-corrected chi connectivity index (χ4v) is 3.42. The maximum absolute atomic E-state index is 5.85. The van der Waals surface area contributed by atoms with Crippen LogP contribution in [0.3, 0.4) is 0 Å². The second-order valence-electron chi connectivity index (χ2n) is 5.79. The highest BCUT2D eigenvalue weighted by atomic mass is 32.2. The fourth-order valence-electron chi connectivity index (χ4n) is 2.65. The summed E-state index contributed by atoms with van der Waals surface area (Å²) in [6, 6.07) is 10.1. The highest BCUT2D eigenvalue weighted by molar-refractivity contribution is 7.99. The molecule has 0 radical (unpaired) electrons. The van der Waals surface area contributed by atoms with E-state index in [4.69, 9.17) is 9.15 Å². The number of aryl methyl sites for hydroxylation is 2. The molecule has 2 aromatic heterocycles. The topological polar surface area (TPSA) is 53.1 Å². The lowest BCUT2D eigenvalue weighted by Gasteiger charge is -2.09. The Bertz CT molecular complexity index is 870. The summed E-state index contributed by atoms with van der Waals surface area (Å²) in [6.07, 6.45) is 4.52. The van der Waals surface area contributed by atoms with E-state index in [2.05, 4.69) is 35.8 Å². The van der Waals surface area contributed by atoms with E-state index in [0.717, 1.165) is 40.2 Å². The van der Waals surface area contributed by atoms with Crippen molar-refractivity contribution in [1.82, 2.24) is 14.8 Å². The molecular formula is C20H23N3O2S. The van der Waals surface area contributed by atoms with Crippen molar-refractivity contribution in [3.8, 4) is 17.1 Å². The van der Waals surface area contributed by atoms with Gasteiger partial charge in [-0.15, -0.1) is 16.8 Å². The lowest BCUT2D eigenvalue weighted by molar-refractivity contribution is 0.343. The van der Waals surface area contributed by atoms with Gasteiger partial charge in [0.15, 0.2) is 11.0 Å². The van der Waals surface area contributed by atoms with Gasteiger partial charge in [0, 0.05) is 12.3 Å². The summed E-state index contributed by atoms with van der Waals surface area (Å²) in [6.45, 7) is 9.16. The van der Waals surface area contributed by atoms with Gasteiger partial charge in [0.2, 0.25) is 0 Å². The van der Waals surface area contributed by atoms with Crippen LogP contribution in [0.15, 0.2) is 58.8 Å². The molecule has 0 N–H and O–H groups in total. The highest BCUT2D eigenvalue weighted by Gasteiger charge is 2.16. The molecule has 0 saturated carbocycles. The number of nitrogens with zero attached hydrogens (tertiary/aromatic N) is 3. The number of aromatic nitrogens is 3. The number of thioether (sulfide) groups is 1. The lowest BCUT2D eigenvalue weighted by atomic mass is 10.2. The molecule has 0 fully saturated rings. The van der Waals surface area contributed by atoms with Crippen LogP contribution < -0.4 is 4.74 Å². The van der Waals surface area contributed by atoms with Crippen molar-refractivity contribution in [2.45, 2.75) is 32.0 Å². The van der Waals surface area contributed by atoms with Crippen LogP contribution in [0.1, 0.15) is 18.2 Å². The first kappa shape index (κ1) is 18.3. The molecule has 0 atom stereocenters. The third-order valence-electron chi connectivity index (χ3n) is 4.02. The summed E-state index contributed by atoms with van der Waals surface area (Å²) in [5.74, 6) is 3.33. The smallest absolute Gasteiger partial charge is 0.191 e. The first-order valence-electron chi connectivity index (χ1n) is 8.66. The van der Waals surface area contributed by atoms with E-state index in [0.29, 0.717) is 13.2 Å². The van der Waals surface area contributed by atoms with Crippen LogP contribution in [0.4, 0.5) is 0 Å². The Labute approximate surface area is 158 Å². The van der Waals surface area contributed by atoms with Crippen molar-refractivity contribution in [2.24, 2.45) is 0 Å². The van der Waals surface area contributed by atoms with Crippen LogP contribution in [0.25, 0.3) is 11.4 Å². The SMILES string of the molecule is C=CCn1c(SCCOc2cccc(CC)c2)nnc1-c1ccoc1C. The summed E-state index contributed by atoms with van der Waals surface area (Å²) in [4.78, 5) is 0. The minimum absolute atomic E-state index is 0.610. The number of furan rings is 1. The van der Waals surface area contributed by atoms with E-state index in [9.17, 15) is 0 Å². The lowest BCUT2D eigenvalue weighted by Crippen LogP contribution is -2.04. The number of benzene rings is 1. The van der Waals surface area contributed by atoms with Crippen LogP contribution in [0.2, 0.25) is 0 Å². The number of hydrogen-bond donors (Lipinski definition) is 0. The Hall–Kier alpha value is -2.47. The molecule has 2 heterocycles. The van der Waals surface area contributed by atoms with Crippen LogP contribution in [0, 0.1) is 6.92 Å². The predicted octanol–water partition coefficient (Wildman–Crippen LogP) is 4.77. The molecule has 136 valence electrons. The molecule has 26 heavy (non-hydrogen) atoms. The van der Waals surface area contributed by atoms with Gasteiger partial charge in [0.05, 0.1) is 18.4 Å². The monoisotopic (exact) mass is 369 g/mol. The molecule has 1 aromatic carbocycles. The third kappa shape index (κ3) is 4.19. The second-order valence-corrected chi connectivity index (χ2v) is 6.86. The van der Waals surface area contributed by atoms with Crippen LogP contribution in [-0.2, 0) is 13.0 Å². The second kappa shape index (κ2) is 8.76. The maximum atomic E-state index is 5.85. The van der Waals surface area contributed by atoms with Crippen molar-refractivity contribution in [1.29, 1.82) is 0 Å². The Balaban J connectivity index is 1.63.